The van der Waals surface area contributed by atoms with Gasteiger partial charge < -0.3 is 19.7 Å². The summed E-state index contributed by atoms with van der Waals surface area (Å²) in [4.78, 5) is 31.4. The number of ether oxygens (including phenoxy) is 2. The molecule has 170 valence electrons. The summed E-state index contributed by atoms with van der Waals surface area (Å²) >= 11 is 4.87. The number of anilines is 1. The van der Waals surface area contributed by atoms with Crippen molar-refractivity contribution in [2.75, 3.05) is 18.5 Å². The van der Waals surface area contributed by atoms with Crippen LogP contribution < -0.4 is 10.1 Å². The van der Waals surface area contributed by atoms with Crippen molar-refractivity contribution in [3.05, 3.63) is 81.4 Å². The van der Waals surface area contributed by atoms with Crippen LogP contribution in [0.5, 0.6) is 5.75 Å². The molecule has 1 atom stereocenters. The topological polar surface area (TPSA) is 80.2 Å². The molecule has 2 aromatic rings. The summed E-state index contributed by atoms with van der Waals surface area (Å²) in [5.74, 6) is -0.0749. The number of allylic oxidation sites excluding steroid dienone is 1. The minimum atomic E-state index is -0.377. The summed E-state index contributed by atoms with van der Waals surface area (Å²) in [6, 6.07) is 14.3. The molecule has 33 heavy (non-hydrogen) atoms. The molecule has 2 aliphatic rings. The number of fused-ring (bicyclic) bond motifs is 1. The number of rotatable bonds is 7. The van der Waals surface area contributed by atoms with Gasteiger partial charge in [0.15, 0.2) is 11.8 Å². The Kier molecular flexibility index (Phi) is 7.20. The molecule has 0 radical (unpaired) electrons. The third-order valence-corrected chi connectivity index (χ3v) is 6.31. The van der Waals surface area contributed by atoms with E-state index in [0.29, 0.717) is 29.3 Å². The Balaban J connectivity index is 1.46. The fraction of sp³-hybridized carbons (Fsp3) is 0.208. The lowest BCUT2D eigenvalue weighted by Gasteiger charge is -2.33. The van der Waals surface area contributed by atoms with Gasteiger partial charge in [0.25, 0.3) is 5.91 Å². The molecule has 0 fully saturated rings. The van der Waals surface area contributed by atoms with E-state index in [1.807, 2.05) is 47.7 Å². The van der Waals surface area contributed by atoms with E-state index in [9.17, 15) is 9.59 Å². The van der Waals surface area contributed by atoms with Gasteiger partial charge in [0, 0.05) is 16.4 Å². The molecule has 9 heteroatoms. The quantitative estimate of drug-likeness (QED) is 0.496. The first-order chi connectivity index (χ1) is 16.0. The lowest BCUT2D eigenvalue weighted by atomic mass is 9.95. The maximum absolute atomic E-state index is 12.7. The van der Waals surface area contributed by atoms with Crippen molar-refractivity contribution < 1.29 is 19.1 Å². The van der Waals surface area contributed by atoms with E-state index in [0.717, 1.165) is 15.2 Å². The molecule has 0 saturated carbocycles. The Labute approximate surface area is 204 Å². The molecular weight excluding hydrogens is 506 g/mol. The number of nitrogens with one attached hydrogen (secondary N) is 1. The van der Waals surface area contributed by atoms with E-state index < -0.39 is 0 Å². The first kappa shape index (κ1) is 23.1. The van der Waals surface area contributed by atoms with Gasteiger partial charge in [-0.1, -0.05) is 39.8 Å². The smallest absolute Gasteiger partial charge is 0.338 e. The minimum absolute atomic E-state index is 0.117. The fourth-order valence-electron chi connectivity index (χ4n) is 3.52. The van der Waals surface area contributed by atoms with Crippen LogP contribution >= 0.6 is 27.7 Å². The van der Waals surface area contributed by atoms with Crippen molar-refractivity contribution in [1.29, 1.82) is 0 Å². The van der Waals surface area contributed by atoms with Crippen molar-refractivity contribution in [3.63, 3.8) is 0 Å². The van der Waals surface area contributed by atoms with E-state index in [4.69, 9.17) is 9.47 Å². The van der Waals surface area contributed by atoms with Crippen molar-refractivity contribution in [1.82, 2.24) is 4.90 Å². The molecular formula is C24H22BrN3O4S. The van der Waals surface area contributed by atoms with Crippen molar-refractivity contribution in [2.24, 2.45) is 4.99 Å². The highest BCUT2D eigenvalue weighted by atomic mass is 79.9. The van der Waals surface area contributed by atoms with Crippen LogP contribution in [0.4, 0.5) is 5.69 Å². The Hall–Kier alpha value is -3.04. The second-order valence-corrected chi connectivity index (χ2v) is 9.03. The summed E-state index contributed by atoms with van der Waals surface area (Å²) in [5, 5.41) is 5.55. The van der Waals surface area contributed by atoms with Crippen LogP contribution in [-0.4, -0.2) is 35.2 Å². The Morgan fingerprint density at radius 1 is 1.15 bits per heavy atom. The molecule has 1 N–H and O–H groups in total. The highest BCUT2D eigenvalue weighted by Gasteiger charge is 2.37. The zero-order chi connectivity index (χ0) is 23.4. The molecule has 0 aromatic heterocycles. The largest absolute Gasteiger partial charge is 0.484 e. The zero-order valence-corrected chi connectivity index (χ0v) is 20.5. The first-order valence-electron chi connectivity index (χ1n) is 10.3. The van der Waals surface area contributed by atoms with Gasteiger partial charge in [-0.25, -0.2) is 9.79 Å². The number of thioether (sulfide) groups is 1. The minimum Gasteiger partial charge on any atom is -0.484 e. The molecule has 2 heterocycles. The second kappa shape index (κ2) is 10.3. The lowest BCUT2D eigenvalue weighted by molar-refractivity contribution is -0.139. The Bertz CT molecular complexity index is 1140. The number of hydrogen-bond acceptors (Lipinski definition) is 7. The molecule has 0 unspecified atom stereocenters. The summed E-state index contributed by atoms with van der Waals surface area (Å²) in [6.07, 6.45) is 1.91. The average Bonchev–Trinajstić information content (AvgIpc) is 3.27. The van der Waals surface area contributed by atoms with Gasteiger partial charge in [-0.05, 0) is 61.2 Å². The number of benzene rings is 2. The Morgan fingerprint density at radius 2 is 1.88 bits per heavy atom. The van der Waals surface area contributed by atoms with Crippen LogP contribution in [0, 0.1) is 0 Å². The number of nitrogens with zero attached hydrogens (tertiary/aromatic N) is 2. The third-order valence-electron chi connectivity index (χ3n) is 5.01. The summed E-state index contributed by atoms with van der Waals surface area (Å²) in [7, 11) is 0. The van der Waals surface area contributed by atoms with Crippen LogP contribution in [0.3, 0.4) is 0 Å². The maximum Gasteiger partial charge on any atom is 0.338 e. The highest BCUT2D eigenvalue weighted by molar-refractivity contribution is 9.10. The molecule has 0 bridgehead atoms. The number of carbonyl (C=O) groups excluding carboxylic acids is 2. The van der Waals surface area contributed by atoms with Gasteiger partial charge in [0.2, 0.25) is 0 Å². The van der Waals surface area contributed by atoms with Crippen LogP contribution in [0.25, 0.3) is 0 Å². The monoisotopic (exact) mass is 527 g/mol. The van der Waals surface area contributed by atoms with E-state index in [-0.39, 0.29) is 24.5 Å². The molecule has 1 amide bonds. The lowest BCUT2D eigenvalue weighted by Crippen LogP contribution is -2.34. The number of aliphatic imine (C=N–C) groups is 1. The third kappa shape index (κ3) is 5.31. The van der Waals surface area contributed by atoms with Gasteiger partial charge >= 0.3 is 5.97 Å². The van der Waals surface area contributed by atoms with Crippen LogP contribution in [0.2, 0.25) is 0 Å². The number of amides is 1. The maximum atomic E-state index is 12.7. The van der Waals surface area contributed by atoms with Gasteiger partial charge in [0.05, 0.1) is 23.9 Å². The van der Waals surface area contributed by atoms with Crippen LogP contribution in [-0.2, 0) is 14.3 Å². The standard InChI is InChI=1S/C24H22BrN3O4S/c1-3-31-23(30)21-15(2)26-24-28(12-13-33-24)22(21)16-4-10-19(11-5-16)32-14-20(29)27-18-8-6-17(25)7-9-18/h4-13,22H,3,14H2,1-2H3,(H,27,29)/t22-/m0/s1. The zero-order valence-electron chi connectivity index (χ0n) is 18.1. The summed E-state index contributed by atoms with van der Waals surface area (Å²) in [6.45, 7) is 3.78. The molecule has 0 saturated heterocycles. The highest BCUT2D eigenvalue weighted by Crippen LogP contribution is 2.41. The molecule has 0 spiro atoms. The van der Waals surface area contributed by atoms with Gasteiger partial charge in [-0.3, -0.25) is 4.79 Å². The molecule has 4 rings (SSSR count). The average molecular weight is 528 g/mol. The number of esters is 1. The predicted octanol–water partition coefficient (Wildman–Crippen LogP) is 5.23. The molecule has 2 aliphatic heterocycles. The number of hydrogen-bond donors (Lipinski definition) is 1. The number of carbonyl (C=O) groups is 2. The Morgan fingerprint density at radius 3 is 2.58 bits per heavy atom. The van der Waals surface area contributed by atoms with Crippen molar-refractivity contribution in [2.45, 2.75) is 19.9 Å². The normalized spacial score (nSPS) is 16.9. The molecule has 2 aromatic carbocycles. The van der Waals surface area contributed by atoms with Gasteiger partial charge in [-0.15, -0.1) is 0 Å². The van der Waals surface area contributed by atoms with Crippen LogP contribution in [0.15, 0.2) is 80.9 Å². The van der Waals surface area contributed by atoms with Gasteiger partial charge in [0.1, 0.15) is 5.75 Å². The summed E-state index contributed by atoms with van der Waals surface area (Å²) < 4.78 is 11.9. The molecule has 0 aliphatic carbocycles. The van der Waals surface area contributed by atoms with E-state index >= 15 is 0 Å². The van der Waals surface area contributed by atoms with E-state index in [2.05, 4.69) is 26.2 Å². The van der Waals surface area contributed by atoms with Crippen molar-refractivity contribution >= 4 is 50.4 Å². The van der Waals surface area contributed by atoms with Crippen molar-refractivity contribution in [3.8, 4) is 5.75 Å². The fourth-order valence-corrected chi connectivity index (χ4v) is 4.58. The number of amidine groups is 1. The predicted molar refractivity (Wildman–Crippen MR) is 133 cm³/mol. The SMILES string of the molecule is CCOC(=O)C1=C(C)N=C2SC=CN2[C@H]1c1ccc(OCC(=O)Nc2ccc(Br)cc2)cc1. The number of halogens is 1. The van der Waals surface area contributed by atoms with E-state index in [1.165, 1.54) is 11.8 Å². The molecule has 7 nitrogen and oxygen atoms in total. The summed E-state index contributed by atoms with van der Waals surface area (Å²) in [5.41, 5.74) is 2.74. The van der Waals surface area contributed by atoms with E-state index in [1.54, 1.807) is 31.2 Å². The second-order valence-electron chi connectivity index (χ2n) is 7.24. The van der Waals surface area contributed by atoms with Crippen LogP contribution in [0.1, 0.15) is 25.5 Å². The van der Waals surface area contributed by atoms with Gasteiger partial charge in [-0.2, -0.15) is 0 Å². The first-order valence-corrected chi connectivity index (χ1v) is 12.0.